The Morgan fingerprint density at radius 2 is 1.81 bits per heavy atom. The molecule has 1 aliphatic heterocycles. The van der Waals surface area contributed by atoms with Crippen molar-refractivity contribution in [1.82, 2.24) is 14.9 Å². The minimum absolute atomic E-state index is 0. The normalized spacial score (nSPS) is 22.0. The van der Waals surface area contributed by atoms with Gasteiger partial charge in [0.15, 0.2) is 5.96 Å². The van der Waals surface area contributed by atoms with Crippen molar-refractivity contribution < 1.29 is 8.42 Å². The molecule has 2 fully saturated rings. The molecular formula is C18H37IN4O2S. The summed E-state index contributed by atoms with van der Waals surface area (Å²) in [4.78, 5) is 4.37. The largest absolute Gasteiger partial charge is 0.356 e. The molecule has 0 atom stereocenters. The number of nitrogens with zero attached hydrogens (tertiary/aromatic N) is 2. The van der Waals surface area contributed by atoms with Crippen molar-refractivity contribution in [1.29, 1.82) is 0 Å². The summed E-state index contributed by atoms with van der Waals surface area (Å²) in [6, 6.07) is 0.292. The molecule has 0 spiro atoms. The Kier molecular flexibility index (Phi) is 10.2. The van der Waals surface area contributed by atoms with Gasteiger partial charge < -0.3 is 10.6 Å². The number of halogens is 1. The summed E-state index contributed by atoms with van der Waals surface area (Å²) >= 11 is 0. The molecule has 0 aromatic heterocycles. The van der Waals surface area contributed by atoms with Crippen LogP contribution in [0.1, 0.15) is 65.2 Å². The summed E-state index contributed by atoms with van der Waals surface area (Å²) in [7, 11) is -1.26. The first-order valence-corrected chi connectivity index (χ1v) is 11.5. The van der Waals surface area contributed by atoms with Crippen LogP contribution in [-0.4, -0.2) is 57.2 Å². The number of rotatable bonds is 7. The van der Waals surface area contributed by atoms with Crippen LogP contribution in [0.4, 0.5) is 0 Å². The average Bonchev–Trinajstić information content (AvgIpc) is 3.08. The number of nitrogens with one attached hydrogen (secondary N) is 2. The van der Waals surface area contributed by atoms with Crippen LogP contribution in [0.2, 0.25) is 0 Å². The first-order valence-electron chi connectivity index (χ1n) is 9.90. The predicted molar refractivity (Wildman–Crippen MR) is 120 cm³/mol. The Labute approximate surface area is 177 Å². The molecule has 0 aromatic carbocycles. The Hall–Kier alpha value is -0.0900. The minimum Gasteiger partial charge on any atom is -0.356 e. The molecule has 2 N–H and O–H groups in total. The molecular weight excluding hydrogens is 463 g/mol. The SMILES string of the molecule is CCCS(=O)(=O)N1CCC(NC(=NC)NCC2(CC)CCCC2)CC1.I. The van der Waals surface area contributed by atoms with Gasteiger partial charge in [0.05, 0.1) is 5.75 Å². The zero-order chi connectivity index (χ0) is 18.3. The lowest BCUT2D eigenvalue weighted by molar-refractivity contribution is 0.279. The van der Waals surface area contributed by atoms with E-state index in [9.17, 15) is 8.42 Å². The van der Waals surface area contributed by atoms with Crippen molar-refractivity contribution in [2.45, 2.75) is 71.3 Å². The van der Waals surface area contributed by atoms with E-state index in [1.54, 1.807) is 4.31 Å². The number of aliphatic imine (C=N–C) groups is 1. The molecule has 0 unspecified atom stereocenters. The van der Waals surface area contributed by atoms with E-state index in [-0.39, 0.29) is 29.7 Å². The van der Waals surface area contributed by atoms with Crippen LogP contribution in [0.15, 0.2) is 4.99 Å². The molecule has 0 bridgehead atoms. The summed E-state index contributed by atoms with van der Waals surface area (Å²) < 4.78 is 26.0. The van der Waals surface area contributed by atoms with Gasteiger partial charge in [0.25, 0.3) is 0 Å². The summed E-state index contributed by atoms with van der Waals surface area (Å²) in [5.74, 6) is 1.11. The average molecular weight is 500 g/mol. The highest BCUT2D eigenvalue weighted by atomic mass is 127. The van der Waals surface area contributed by atoms with Gasteiger partial charge in [0.2, 0.25) is 10.0 Å². The second-order valence-electron chi connectivity index (χ2n) is 7.62. The van der Waals surface area contributed by atoms with E-state index in [0.717, 1.165) is 25.3 Å². The molecule has 6 nitrogen and oxygen atoms in total. The first kappa shape index (κ1) is 23.9. The van der Waals surface area contributed by atoms with Gasteiger partial charge in [0, 0.05) is 32.7 Å². The minimum atomic E-state index is -3.06. The number of piperidine rings is 1. The van der Waals surface area contributed by atoms with E-state index in [0.29, 0.717) is 31.0 Å². The van der Waals surface area contributed by atoms with Gasteiger partial charge in [-0.3, -0.25) is 4.99 Å². The lowest BCUT2D eigenvalue weighted by atomic mass is 9.83. The molecule has 1 saturated carbocycles. The van der Waals surface area contributed by atoms with Crippen LogP contribution in [-0.2, 0) is 10.0 Å². The summed E-state index contributed by atoms with van der Waals surface area (Å²) in [5, 5.41) is 7.01. The van der Waals surface area contributed by atoms with Crippen LogP contribution in [0, 0.1) is 5.41 Å². The maximum atomic E-state index is 12.2. The second kappa shape index (κ2) is 11.0. The van der Waals surface area contributed by atoms with Crippen molar-refractivity contribution in [3.05, 3.63) is 0 Å². The Bertz CT molecular complexity index is 539. The van der Waals surface area contributed by atoms with Gasteiger partial charge in [-0.25, -0.2) is 12.7 Å². The van der Waals surface area contributed by atoms with E-state index in [2.05, 4.69) is 22.5 Å². The van der Waals surface area contributed by atoms with E-state index in [1.807, 2.05) is 14.0 Å². The maximum Gasteiger partial charge on any atom is 0.214 e. The molecule has 1 aliphatic carbocycles. The molecule has 154 valence electrons. The van der Waals surface area contributed by atoms with Crippen LogP contribution < -0.4 is 10.6 Å². The van der Waals surface area contributed by atoms with Gasteiger partial charge >= 0.3 is 0 Å². The molecule has 1 heterocycles. The van der Waals surface area contributed by atoms with Crippen LogP contribution in [0.25, 0.3) is 0 Å². The summed E-state index contributed by atoms with van der Waals surface area (Å²) in [5.41, 5.74) is 0.426. The second-order valence-corrected chi connectivity index (χ2v) is 9.71. The molecule has 2 rings (SSSR count). The highest BCUT2D eigenvalue weighted by Gasteiger charge is 2.32. The lowest BCUT2D eigenvalue weighted by Gasteiger charge is -2.33. The van der Waals surface area contributed by atoms with Crippen molar-refractivity contribution >= 4 is 40.0 Å². The van der Waals surface area contributed by atoms with Crippen molar-refractivity contribution in [2.24, 2.45) is 10.4 Å². The van der Waals surface area contributed by atoms with Crippen LogP contribution in [0.5, 0.6) is 0 Å². The van der Waals surface area contributed by atoms with Crippen LogP contribution in [0.3, 0.4) is 0 Å². The van der Waals surface area contributed by atoms with E-state index < -0.39 is 10.0 Å². The van der Waals surface area contributed by atoms with Crippen molar-refractivity contribution in [3.63, 3.8) is 0 Å². The van der Waals surface area contributed by atoms with Crippen LogP contribution >= 0.6 is 24.0 Å². The molecule has 26 heavy (non-hydrogen) atoms. The fourth-order valence-electron chi connectivity index (χ4n) is 4.10. The lowest BCUT2D eigenvalue weighted by Crippen LogP contribution is -2.51. The van der Waals surface area contributed by atoms with Gasteiger partial charge in [-0.15, -0.1) is 24.0 Å². The highest BCUT2D eigenvalue weighted by molar-refractivity contribution is 14.0. The molecule has 2 aliphatic rings. The van der Waals surface area contributed by atoms with E-state index >= 15 is 0 Å². The van der Waals surface area contributed by atoms with E-state index in [1.165, 1.54) is 32.1 Å². The Morgan fingerprint density at radius 1 is 1.19 bits per heavy atom. The smallest absolute Gasteiger partial charge is 0.214 e. The Balaban J connectivity index is 0.00000338. The van der Waals surface area contributed by atoms with Gasteiger partial charge in [-0.2, -0.15) is 0 Å². The zero-order valence-electron chi connectivity index (χ0n) is 16.6. The Morgan fingerprint density at radius 3 is 2.31 bits per heavy atom. The van der Waals surface area contributed by atoms with Gasteiger partial charge in [0.1, 0.15) is 0 Å². The monoisotopic (exact) mass is 500 g/mol. The highest BCUT2D eigenvalue weighted by Crippen LogP contribution is 2.40. The summed E-state index contributed by atoms with van der Waals surface area (Å²) in [6.45, 7) is 6.39. The quantitative estimate of drug-likeness (QED) is 0.320. The number of guanidine groups is 1. The predicted octanol–water partition coefficient (Wildman–Crippen LogP) is 2.94. The molecule has 0 aromatic rings. The standard InChI is InChI=1S/C18H36N4O2S.HI/c1-4-14-25(23,24)22-12-8-16(9-13-22)21-17(19-3)20-15-18(5-2)10-6-7-11-18;/h16H,4-15H2,1-3H3,(H2,19,20,21);1H. The van der Waals surface area contributed by atoms with E-state index in [4.69, 9.17) is 0 Å². The molecule has 8 heteroatoms. The summed E-state index contributed by atoms with van der Waals surface area (Å²) in [6.07, 6.45) is 8.85. The molecule has 0 radical (unpaired) electrons. The zero-order valence-corrected chi connectivity index (χ0v) is 19.7. The third-order valence-corrected chi connectivity index (χ3v) is 7.99. The molecule has 0 amide bonds. The topological polar surface area (TPSA) is 73.8 Å². The third kappa shape index (κ3) is 6.51. The van der Waals surface area contributed by atoms with Gasteiger partial charge in [-0.05, 0) is 43.9 Å². The number of hydrogen-bond acceptors (Lipinski definition) is 3. The fraction of sp³-hybridized carbons (Fsp3) is 0.944. The van der Waals surface area contributed by atoms with Gasteiger partial charge in [-0.1, -0.05) is 26.7 Å². The van der Waals surface area contributed by atoms with Crippen molar-refractivity contribution in [3.8, 4) is 0 Å². The number of hydrogen-bond donors (Lipinski definition) is 2. The maximum absolute atomic E-state index is 12.2. The first-order chi connectivity index (χ1) is 11.9. The number of sulfonamides is 1. The fourth-order valence-corrected chi connectivity index (χ4v) is 5.65. The molecule has 1 saturated heterocycles. The van der Waals surface area contributed by atoms with Crippen molar-refractivity contribution in [2.75, 3.05) is 32.4 Å². The third-order valence-electron chi connectivity index (χ3n) is 5.92.